The van der Waals surface area contributed by atoms with Crippen LogP contribution in [0, 0.1) is 0 Å². The van der Waals surface area contributed by atoms with E-state index in [2.05, 4.69) is 22.0 Å². The zero-order valence-electron chi connectivity index (χ0n) is 9.54. The Hall–Kier alpha value is -0.610. The number of nitrogens with one attached hydrogen (secondary N) is 1. The van der Waals surface area contributed by atoms with Crippen LogP contribution in [0.5, 0.6) is 0 Å². The molecule has 0 unspecified atom stereocenters. The Kier molecular flexibility index (Phi) is 3.59. The molecule has 0 spiro atoms. The highest BCUT2D eigenvalue weighted by molar-refractivity contribution is 5.78. The number of hydrogen-bond donors (Lipinski definition) is 1. The van der Waals surface area contributed by atoms with E-state index in [0.717, 1.165) is 32.7 Å². The van der Waals surface area contributed by atoms with Gasteiger partial charge in [0.1, 0.15) is 0 Å². The summed E-state index contributed by atoms with van der Waals surface area (Å²) in [5.41, 5.74) is 0. The van der Waals surface area contributed by atoms with E-state index in [1.807, 2.05) is 0 Å². The molecule has 0 bridgehead atoms. The zero-order valence-corrected chi connectivity index (χ0v) is 9.54. The first kappa shape index (κ1) is 10.9. The number of amides is 1. The van der Waals surface area contributed by atoms with E-state index in [4.69, 9.17) is 0 Å². The summed E-state index contributed by atoms with van der Waals surface area (Å²) in [6.45, 7) is 8.18. The summed E-state index contributed by atoms with van der Waals surface area (Å²) in [6.07, 6.45) is 2.35. The summed E-state index contributed by atoms with van der Waals surface area (Å²) < 4.78 is 0. The van der Waals surface area contributed by atoms with Crippen molar-refractivity contribution in [3.8, 4) is 0 Å². The monoisotopic (exact) mass is 211 g/mol. The second-order valence-electron chi connectivity index (χ2n) is 4.55. The number of likely N-dealkylation sites (N-methyl/N-ethyl adjacent to an activating group) is 1. The Morgan fingerprint density at radius 1 is 1.20 bits per heavy atom. The van der Waals surface area contributed by atoms with E-state index >= 15 is 0 Å². The molecule has 0 aromatic rings. The third-order valence-corrected chi connectivity index (χ3v) is 3.22. The third-order valence-electron chi connectivity index (χ3n) is 3.22. The largest absolute Gasteiger partial charge is 0.352 e. The van der Waals surface area contributed by atoms with E-state index in [1.54, 1.807) is 0 Å². The van der Waals surface area contributed by atoms with Crippen molar-refractivity contribution >= 4 is 5.91 Å². The quantitative estimate of drug-likeness (QED) is 0.705. The summed E-state index contributed by atoms with van der Waals surface area (Å²) in [5, 5.41) is 3.03. The molecule has 1 amide bonds. The minimum atomic E-state index is 0.211. The van der Waals surface area contributed by atoms with Gasteiger partial charge in [0.15, 0.2) is 0 Å². The highest BCUT2D eigenvalue weighted by atomic mass is 16.2. The Morgan fingerprint density at radius 2 is 1.80 bits per heavy atom. The Labute approximate surface area is 91.6 Å². The zero-order chi connectivity index (χ0) is 10.7. The lowest BCUT2D eigenvalue weighted by atomic mass is 10.3. The molecule has 4 heteroatoms. The minimum absolute atomic E-state index is 0.211. The SMILES string of the molecule is CCN1CCN(CC(=O)NC2CC2)CC1. The molecule has 2 fully saturated rings. The maximum absolute atomic E-state index is 11.5. The molecular weight excluding hydrogens is 190 g/mol. The van der Waals surface area contributed by atoms with Crippen LogP contribution in [0.15, 0.2) is 0 Å². The number of hydrogen-bond acceptors (Lipinski definition) is 3. The van der Waals surface area contributed by atoms with Crippen LogP contribution in [0.3, 0.4) is 0 Å². The van der Waals surface area contributed by atoms with Gasteiger partial charge in [0, 0.05) is 32.2 Å². The van der Waals surface area contributed by atoms with Crippen molar-refractivity contribution in [2.24, 2.45) is 0 Å². The predicted octanol–water partition coefficient (Wildman–Crippen LogP) is -0.0975. The lowest BCUT2D eigenvalue weighted by Gasteiger charge is -2.33. The first-order valence-corrected chi connectivity index (χ1v) is 6.02. The van der Waals surface area contributed by atoms with Gasteiger partial charge in [0.25, 0.3) is 0 Å². The molecule has 0 atom stereocenters. The fourth-order valence-electron chi connectivity index (χ4n) is 1.97. The van der Waals surface area contributed by atoms with Crippen molar-refractivity contribution in [1.82, 2.24) is 15.1 Å². The molecule has 2 rings (SSSR count). The highest BCUT2D eigenvalue weighted by Gasteiger charge is 2.24. The van der Waals surface area contributed by atoms with Crippen LogP contribution in [0.1, 0.15) is 19.8 Å². The van der Waals surface area contributed by atoms with Crippen LogP contribution in [0.2, 0.25) is 0 Å². The molecule has 1 saturated carbocycles. The smallest absolute Gasteiger partial charge is 0.234 e. The normalized spacial score (nSPS) is 24.1. The molecule has 1 N–H and O–H groups in total. The Morgan fingerprint density at radius 3 is 2.33 bits per heavy atom. The molecule has 1 aliphatic heterocycles. The summed E-state index contributed by atoms with van der Waals surface area (Å²) in [7, 11) is 0. The lowest BCUT2D eigenvalue weighted by Crippen LogP contribution is -2.49. The molecule has 86 valence electrons. The first-order chi connectivity index (χ1) is 7.28. The second kappa shape index (κ2) is 4.94. The van der Waals surface area contributed by atoms with Gasteiger partial charge in [-0.2, -0.15) is 0 Å². The molecule has 1 saturated heterocycles. The molecule has 1 heterocycles. The van der Waals surface area contributed by atoms with E-state index < -0.39 is 0 Å². The standard InChI is InChI=1S/C11H21N3O/c1-2-13-5-7-14(8-6-13)9-11(15)12-10-3-4-10/h10H,2-9H2,1H3,(H,12,15). The topological polar surface area (TPSA) is 35.6 Å². The minimum Gasteiger partial charge on any atom is -0.352 e. The fraction of sp³-hybridized carbons (Fsp3) is 0.909. The van der Waals surface area contributed by atoms with Gasteiger partial charge < -0.3 is 10.2 Å². The van der Waals surface area contributed by atoms with Crippen molar-refractivity contribution in [3.63, 3.8) is 0 Å². The molecular formula is C11H21N3O. The van der Waals surface area contributed by atoms with Crippen LogP contribution < -0.4 is 5.32 Å². The lowest BCUT2D eigenvalue weighted by molar-refractivity contribution is -0.122. The summed E-state index contributed by atoms with van der Waals surface area (Å²) in [4.78, 5) is 16.2. The van der Waals surface area contributed by atoms with Gasteiger partial charge >= 0.3 is 0 Å². The van der Waals surface area contributed by atoms with Crippen molar-refractivity contribution in [2.75, 3.05) is 39.3 Å². The van der Waals surface area contributed by atoms with Crippen LogP contribution in [-0.2, 0) is 4.79 Å². The van der Waals surface area contributed by atoms with Crippen molar-refractivity contribution in [3.05, 3.63) is 0 Å². The third kappa shape index (κ3) is 3.47. The molecule has 1 aliphatic carbocycles. The number of nitrogens with zero attached hydrogens (tertiary/aromatic N) is 2. The van der Waals surface area contributed by atoms with Crippen molar-refractivity contribution in [2.45, 2.75) is 25.8 Å². The van der Waals surface area contributed by atoms with Gasteiger partial charge in [-0.25, -0.2) is 0 Å². The number of piperazine rings is 1. The fourth-order valence-corrected chi connectivity index (χ4v) is 1.97. The summed E-state index contributed by atoms with van der Waals surface area (Å²) in [6, 6.07) is 0.495. The highest BCUT2D eigenvalue weighted by Crippen LogP contribution is 2.18. The van der Waals surface area contributed by atoms with Crippen LogP contribution in [-0.4, -0.2) is 61.0 Å². The molecule has 15 heavy (non-hydrogen) atoms. The number of carbonyl (C=O) groups excluding carboxylic acids is 1. The van der Waals surface area contributed by atoms with Crippen LogP contribution in [0.4, 0.5) is 0 Å². The van der Waals surface area contributed by atoms with Gasteiger partial charge in [-0.1, -0.05) is 6.92 Å². The van der Waals surface area contributed by atoms with E-state index in [1.165, 1.54) is 12.8 Å². The molecule has 0 aromatic heterocycles. The molecule has 0 aromatic carbocycles. The molecule has 0 radical (unpaired) electrons. The second-order valence-corrected chi connectivity index (χ2v) is 4.55. The predicted molar refractivity (Wildman–Crippen MR) is 59.7 cm³/mol. The molecule has 4 nitrogen and oxygen atoms in total. The average Bonchev–Trinajstić information content (AvgIpc) is 3.03. The first-order valence-electron chi connectivity index (χ1n) is 6.02. The van der Waals surface area contributed by atoms with Gasteiger partial charge in [0.05, 0.1) is 6.54 Å². The van der Waals surface area contributed by atoms with E-state index in [9.17, 15) is 4.79 Å². The Bertz CT molecular complexity index is 220. The van der Waals surface area contributed by atoms with E-state index in [0.29, 0.717) is 12.6 Å². The maximum Gasteiger partial charge on any atom is 0.234 e. The summed E-state index contributed by atoms with van der Waals surface area (Å²) in [5.74, 6) is 0.211. The number of carbonyl (C=O) groups is 1. The number of rotatable bonds is 4. The summed E-state index contributed by atoms with van der Waals surface area (Å²) >= 11 is 0. The van der Waals surface area contributed by atoms with Crippen LogP contribution >= 0.6 is 0 Å². The van der Waals surface area contributed by atoms with Crippen molar-refractivity contribution in [1.29, 1.82) is 0 Å². The van der Waals surface area contributed by atoms with Gasteiger partial charge in [-0.3, -0.25) is 9.69 Å². The van der Waals surface area contributed by atoms with Crippen molar-refractivity contribution < 1.29 is 4.79 Å². The van der Waals surface area contributed by atoms with Crippen LogP contribution in [0.25, 0.3) is 0 Å². The van der Waals surface area contributed by atoms with Gasteiger partial charge in [-0.15, -0.1) is 0 Å². The van der Waals surface area contributed by atoms with E-state index in [-0.39, 0.29) is 5.91 Å². The maximum atomic E-state index is 11.5. The van der Waals surface area contributed by atoms with Gasteiger partial charge in [-0.05, 0) is 19.4 Å². The van der Waals surface area contributed by atoms with Gasteiger partial charge in [0.2, 0.25) is 5.91 Å². The Balaban J connectivity index is 1.64. The molecule has 2 aliphatic rings. The average molecular weight is 211 g/mol.